The normalized spacial score (nSPS) is 16.4. The van der Waals surface area contributed by atoms with Crippen LogP contribution in [0.1, 0.15) is 26.7 Å². The molecule has 1 aromatic heterocycles. The van der Waals surface area contributed by atoms with Crippen LogP contribution in [0.3, 0.4) is 0 Å². The summed E-state index contributed by atoms with van der Waals surface area (Å²) in [6, 6.07) is 1.44. The molecule has 1 aliphatic carbocycles. The molecule has 18 heavy (non-hydrogen) atoms. The Morgan fingerprint density at radius 2 is 2.17 bits per heavy atom. The molecular formula is C12H19N3O2S. The number of pyridine rings is 1. The van der Waals surface area contributed by atoms with Crippen molar-refractivity contribution in [3.63, 3.8) is 0 Å². The molecule has 1 aliphatic rings. The zero-order chi connectivity index (χ0) is 13.3. The van der Waals surface area contributed by atoms with Crippen LogP contribution < -0.4 is 5.73 Å². The third kappa shape index (κ3) is 2.64. The quantitative estimate of drug-likeness (QED) is 0.878. The van der Waals surface area contributed by atoms with Gasteiger partial charge in [0.2, 0.25) is 10.0 Å². The van der Waals surface area contributed by atoms with Gasteiger partial charge in [-0.3, -0.25) is 4.98 Å². The first kappa shape index (κ1) is 13.3. The second-order valence-electron chi connectivity index (χ2n) is 5.03. The Labute approximate surface area is 108 Å². The van der Waals surface area contributed by atoms with Crippen molar-refractivity contribution in [1.29, 1.82) is 0 Å². The number of hydrogen-bond acceptors (Lipinski definition) is 4. The topological polar surface area (TPSA) is 76.3 Å². The minimum Gasteiger partial charge on any atom is -0.398 e. The molecule has 0 unspecified atom stereocenters. The highest BCUT2D eigenvalue weighted by atomic mass is 32.2. The van der Waals surface area contributed by atoms with Crippen molar-refractivity contribution in [2.24, 2.45) is 5.92 Å². The summed E-state index contributed by atoms with van der Waals surface area (Å²) in [5, 5.41) is 0. The predicted molar refractivity (Wildman–Crippen MR) is 70.4 cm³/mol. The Morgan fingerprint density at radius 3 is 2.67 bits per heavy atom. The number of rotatable bonds is 5. The molecule has 0 atom stereocenters. The summed E-state index contributed by atoms with van der Waals surface area (Å²) >= 11 is 0. The monoisotopic (exact) mass is 269 g/mol. The second kappa shape index (κ2) is 4.85. The van der Waals surface area contributed by atoms with Gasteiger partial charge in [0.05, 0.1) is 5.69 Å². The standard InChI is InChI=1S/C12H19N3O2S/c1-9(2)15(8-10-3-4-10)18(16,17)12-7-14-6-5-11(12)13/h5-7,9-10H,3-4,8H2,1-2H3,(H2,13,14). The highest BCUT2D eigenvalue weighted by Gasteiger charge is 2.34. The first-order chi connectivity index (χ1) is 8.43. The van der Waals surface area contributed by atoms with Gasteiger partial charge in [0, 0.05) is 25.0 Å². The third-order valence-electron chi connectivity index (χ3n) is 3.11. The highest BCUT2D eigenvalue weighted by molar-refractivity contribution is 7.89. The first-order valence-electron chi connectivity index (χ1n) is 6.14. The number of aromatic nitrogens is 1. The van der Waals surface area contributed by atoms with Crippen molar-refractivity contribution in [2.45, 2.75) is 37.6 Å². The minimum absolute atomic E-state index is 0.0739. The van der Waals surface area contributed by atoms with Gasteiger partial charge >= 0.3 is 0 Å². The van der Waals surface area contributed by atoms with Crippen molar-refractivity contribution < 1.29 is 8.42 Å². The molecule has 0 bridgehead atoms. The summed E-state index contributed by atoms with van der Waals surface area (Å²) in [7, 11) is -3.54. The van der Waals surface area contributed by atoms with Crippen LogP contribution in [-0.2, 0) is 10.0 Å². The maximum atomic E-state index is 12.6. The van der Waals surface area contributed by atoms with E-state index in [1.54, 1.807) is 0 Å². The molecule has 0 amide bonds. The number of anilines is 1. The lowest BCUT2D eigenvalue weighted by atomic mass is 10.3. The molecule has 1 heterocycles. The van der Waals surface area contributed by atoms with Crippen molar-refractivity contribution in [1.82, 2.24) is 9.29 Å². The molecule has 0 radical (unpaired) electrons. The van der Waals surface area contributed by atoms with Crippen molar-refractivity contribution in [2.75, 3.05) is 12.3 Å². The third-order valence-corrected chi connectivity index (χ3v) is 5.20. The molecule has 1 aromatic rings. The maximum Gasteiger partial charge on any atom is 0.246 e. The van der Waals surface area contributed by atoms with E-state index in [1.165, 1.54) is 22.8 Å². The summed E-state index contributed by atoms with van der Waals surface area (Å²) in [5.74, 6) is 0.500. The Kier molecular flexibility index (Phi) is 3.59. The van der Waals surface area contributed by atoms with E-state index < -0.39 is 10.0 Å². The van der Waals surface area contributed by atoms with E-state index in [9.17, 15) is 8.42 Å². The molecule has 0 spiro atoms. The molecule has 2 rings (SSSR count). The number of sulfonamides is 1. The van der Waals surface area contributed by atoms with Gasteiger partial charge in [0.1, 0.15) is 4.90 Å². The van der Waals surface area contributed by atoms with Crippen LogP contribution in [-0.4, -0.2) is 30.3 Å². The van der Waals surface area contributed by atoms with Crippen molar-refractivity contribution in [3.8, 4) is 0 Å². The molecule has 0 aromatic carbocycles. The smallest absolute Gasteiger partial charge is 0.246 e. The second-order valence-corrected chi connectivity index (χ2v) is 6.88. The lowest BCUT2D eigenvalue weighted by Gasteiger charge is -2.26. The van der Waals surface area contributed by atoms with Crippen LogP contribution in [0.5, 0.6) is 0 Å². The molecule has 100 valence electrons. The summed E-state index contributed by atoms with van der Waals surface area (Å²) in [6.45, 7) is 4.34. The van der Waals surface area contributed by atoms with Crippen LogP contribution in [0.4, 0.5) is 5.69 Å². The summed E-state index contributed by atoms with van der Waals surface area (Å²) in [4.78, 5) is 3.97. The summed E-state index contributed by atoms with van der Waals surface area (Å²) in [5.41, 5.74) is 6.00. The van der Waals surface area contributed by atoms with E-state index >= 15 is 0 Å². The molecule has 5 nitrogen and oxygen atoms in total. The summed E-state index contributed by atoms with van der Waals surface area (Å²) < 4.78 is 26.7. The van der Waals surface area contributed by atoms with Gasteiger partial charge < -0.3 is 5.73 Å². The minimum atomic E-state index is -3.54. The van der Waals surface area contributed by atoms with Gasteiger partial charge in [-0.15, -0.1) is 0 Å². The van der Waals surface area contributed by atoms with Gasteiger partial charge in [0.15, 0.2) is 0 Å². The van der Waals surface area contributed by atoms with Gasteiger partial charge in [-0.05, 0) is 38.7 Å². The average molecular weight is 269 g/mol. The Balaban J connectivity index is 2.35. The van der Waals surface area contributed by atoms with Crippen LogP contribution in [0.25, 0.3) is 0 Å². The molecule has 2 N–H and O–H groups in total. The van der Waals surface area contributed by atoms with Crippen LogP contribution >= 0.6 is 0 Å². The SMILES string of the molecule is CC(C)N(CC1CC1)S(=O)(=O)c1cnccc1N. The van der Waals surface area contributed by atoms with Gasteiger partial charge in [-0.25, -0.2) is 8.42 Å². The van der Waals surface area contributed by atoms with Crippen LogP contribution in [0.2, 0.25) is 0 Å². The van der Waals surface area contributed by atoms with E-state index in [4.69, 9.17) is 5.73 Å². The predicted octanol–water partition coefficient (Wildman–Crippen LogP) is 1.47. The molecule has 1 saturated carbocycles. The van der Waals surface area contributed by atoms with Crippen molar-refractivity contribution in [3.05, 3.63) is 18.5 Å². The fourth-order valence-corrected chi connectivity index (χ4v) is 3.65. The first-order valence-corrected chi connectivity index (χ1v) is 7.58. The largest absolute Gasteiger partial charge is 0.398 e. The zero-order valence-corrected chi connectivity index (χ0v) is 11.5. The maximum absolute atomic E-state index is 12.6. The number of hydrogen-bond donors (Lipinski definition) is 1. The van der Waals surface area contributed by atoms with Crippen molar-refractivity contribution >= 4 is 15.7 Å². The van der Waals surface area contributed by atoms with Gasteiger partial charge in [-0.2, -0.15) is 4.31 Å². The Hall–Kier alpha value is -1.14. The van der Waals surface area contributed by atoms with E-state index in [0.717, 1.165) is 12.8 Å². The fraction of sp³-hybridized carbons (Fsp3) is 0.583. The van der Waals surface area contributed by atoms with Gasteiger partial charge in [-0.1, -0.05) is 0 Å². The van der Waals surface area contributed by atoms with E-state index in [0.29, 0.717) is 12.5 Å². The fourth-order valence-electron chi connectivity index (χ4n) is 1.87. The number of nitrogens with two attached hydrogens (primary N) is 1. The molecule has 6 heteroatoms. The van der Waals surface area contributed by atoms with E-state index in [1.807, 2.05) is 13.8 Å². The summed E-state index contributed by atoms with van der Waals surface area (Å²) in [6.07, 6.45) is 5.05. The van der Waals surface area contributed by atoms with Crippen LogP contribution in [0, 0.1) is 5.92 Å². The molecular weight excluding hydrogens is 250 g/mol. The lowest BCUT2D eigenvalue weighted by molar-refractivity contribution is 0.342. The number of nitrogen functional groups attached to an aromatic ring is 1. The molecule has 0 aliphatic heterocycles. The molecule has 0 saturated heterocycles. The number of nitrogens with zero attached hydrogens (tertiary/aromatic N) is 2. The lowest BCUT2D eigenvalue weighted by Crippen LogP contribution is -2.38. The van der Waals surface area contributed by atoms with E-state index in [-0.39, 0.29) is 16.6 Å². The Morgan fingerprint density at radius 1 is 1.50 bits per heavy atom. The molecule has 1 fully saturated rings. The zero-order valence-electron chi connectivity index (χ0n) is 10.7. The average Bonchev–Trinajstić information content (AvgIpc) is 3.09. The Bertz CT molecular complexity index is 524. The van der Waals surface area contributed by atoms with Crippen LogP contribution in [0.15, 0.2) is 23.4 Å². The highest BCUT2D eigenvalue weighted by Crippen LogP contribution is 2.33. The van der Waals surface area contributed by atoms with E-state index in [2.05, 4.69) is 4.98 Å². The van der Waals surface area contributed by atoms with Gasteiger partial charge in [0.25, 0.3) is 0 Å².